The lowest BCUT2D eigenvalue weighted by Crippen LogP contribution is -2.42. The van der Waals surface area contributed by atoms with Gasteiger partial charge in [0.2, 0.25) is 11.8 Å². The maximum absolute atomic E-state index is 12.0. The topological polar surface area (TPSA) is 101 Å². The van der Waals surface area contributed by atoms with Crippen molar-refractivity contribution in [1.29, 1.82) is 0 Å². The Morgan fingerprint density at radius 1 is 1.08 bits per heavy atom. The van der Waals surface area contributed by atoms with Gasteiger partial charge in [-0.15, -0.1) is 0 Å². The molecular formula is C18H20N6O2. The van der Waals surface area contributed by atoms with Gasteiger partial charge in [-0.2, -0.15) is 10.1 Å². The second-order valence-electron chi connectivity index (χ2n) is 5.99. The van der Waals surface area contributed by atoms with Crippen molar-refractivity contribution >= 4 is 17.6 Å². The standard InChI is InChI=1S/C18H20N6O2/c1-12-15(13(2)24-18(21-12)19-11-20-24)8-9-16(25)22-23-17(26)10-14-6-4-3-5-7-14/h3-7,11H,8-10H2,1-2H3,(H,22,25)(H,23,26). The van der Waals surface area contributed by atoms with Crippen molar-refractivity contribution in [2.75, 3.05) is 0 Å². The van der Waals surface area contributed by atoms with Gasteiger partial charge in [-0.3, -0.25) is 20.4 Å². The van der Waals surface area contributed by atoms with Crippen LogP contribution in [-0.2, 0) is 22.4 Å². The van der Waals surface area contributed by atoms with Crippen LogP contribution in [-0.4, -0.2) is 31.4 Å². The molecule has 1 aromatic carbocycles. The van der Waals surface area contributed by atoms with Crippen LogP contribution in [0.1, 0.15) is 28.9 Å². The molecule has 0 aliphatic rings. The normalized spacial score (nSPS) is 10.7. The number of aryl methyl sites for hydroxylation is 2. The average Bonchev–Trinajstić information content (AvgIpc) is 3.09. The zero-order valence-electron chi connectivity index (χ0n) is 14.7. The van der Waals surface area contributed by atoms with Gasteiger partial charge in [0.05, 0.1) is 6.42 Å². The first-order valence-electron chi connectivity index (χ1n) is 8.32. The summed E-state index contributed by atoms with van der Waals surface area (Å²) in [6, 6.07) is 9.34. The lowest BCUT2D eigenvalue weighted by Gasteiger charge is -2.11. The van der Waals surface area contributed by atoms with Crippen LogP contribution in [0.5, 0.6) is 0 Å². The van der Waals surface area contributed by atoms with Gasteiger partial charge in [-0.25, -0.2) is 9.50 Å². The molecule has 0 aliphatic heterocycles. The molecule has 134 valence electrons. The number of rotatable bonds is 5. The molecule has 8 nitrogen and oxygen atoms in total. The zero-order chi connectivity index (χ0) is 18.5. The van der Waals surface area contributed by atoms with E-state index in [4.69, 9.17) is 0 Å². The van der Waals surface area contributed by atoms with Gasteiger partial charge in [0.15, 0.2) is 0 Å². The zero-order valence-corrected chi connectivity index (χ0v) is 14.7. The minimum absolute atomic E-state index is 0.215. The Bertz CT molecular complexity index is 936. The first-order valence-corrected chi connectivity index (χ1v) is 8.32. The smallest absolute Gasteiger partial charge is 0.252 e. The number of amides is 2. The second kappa shape index (κ2) is 7.73. The van der Waals surface area contributed by atoms with Gasteiger partial charge in [0, 0.05) is 17.8 Å². The molecule has 0 fully saturated rings. The van der Waals surface area contributed by atoms with E-state index in [9.17, 15) is 9.59 Å². The molecule has 3 rings (SSSR count). The van der Waals surface area contributed by atoms with Crippen molar-refractivity contribution in [3.8, 4) is 0 Å². The van der Waals surface area contributed by atoms with Crippen LogP contribution in [0.25, 0.3) is 5.78 Å². The monoisotopic (exact) mass is 352 g/mol. The Kier molecular flexibility index (Phi) is 5.21. The summed E-state index contributed by atoms with van der Waals surface area (Å²) in [6.07, 6.45) is 2.40. The number of nitrogens with one attached hydrogen (secondary N) is 2. The molecule has 0 saturated carbocycles. The highest BCUT2D eigenvalue weighted by Gasteiger charge is 2.13. The van der Waals surface area contributed by atoms with E-state index in [0.717, 1.165) is 22.5 Å². The molecule has 0 spiro atoms. The van der Waals surface area contributed by atoms with E-state index < -0.39 is 0 Å². The number of nitrogens with zero attached hydrogens (tertiary/aromatic N) is 4. The lowest BCUT2D eigenvalue weighted by atomic mass is 10.1. The number of carbonyl (C=O) groups is 2. The van der Waals surface area contributed by atoms with Crippen LogP contribution in [0.4, 0.5) is 0 Å². The van der Waals surface area contributed by atoms with Crippen molar-refractivity contribution in [3.63, 3.8) is 0 Å². The molecule has 0 saturated heterocycles. The molecule has 26 heavy (non-hydrogen) atoms. The number of hydrogen-bond donors (Lipinski definition) is 2. The Balaban J connectivity index is 1.52. The molecule has 0 radical (unpaired) electrons. The summed E-state index contributed by atoms with van der Waals surface area (Å²) in [7, 11) is 0. The molecular weight excluding hydrogens is 332 g/mol. The number of fused-ring (bicyclic) bond motifs is 1. The van der Waals surface area contributed by atoms with Crippen molar-refractivity contribution in [2.45, 2.75) is 33.1 Å². The van der Waals surface area contributed by atoms with Crippen LogP contribution < -0.4 is 10.9 Å². The van der Waals surface area contributed by atoms with Crippen molar-refractivity contribution in [2.24, 2.45) is 0 Å². The number of carbonyl (C=O) groups excluding carboxylic acids is 2. The maximum atomic E-state index is 12.0. The molecule has 2 amide bonds. The molecule has 0 atom stereocenters. The van der Waals surface area contributed by atoms with E-state index in [1.165, 1.54) is 6.33 Å². The second-order valence-corrected chi connectivity index (χ2v) is 5.99. The van der Waals surface area contributed by atoms with Gasteiger partial charge in [-0.1, -0.05) is 30.3 Å². The average molecular weight is 352 g/mol. The molecule has 2 N–H and O–H groups in total. The van der Waals surface area contributed by atoms with Gasteiger partial charge in [0.25, 0.3) is 5.78 Å². The highest BCUT2D eigenvalue weighted by Crippen LogP contribution is 2.14. The third-order valence-corrected chi connectivity index (χ3v) is 4.14. The van der Waals surface area contributed by atoms with E-state index in [1.54, 1.807) is 4.52 Å². The highest BCUT2D eigenvalue weighted by molar-refractivity contribution is 5.83. The van der Waals surface area contributed by atoms with Crippen molar-refractivity contribution < 1.29 is 9.59 Å². The van der Waals surface area contributed by atoms with Gasteiger partial charge >= 0.3 is 0 Å². The van der Waals surface area contributed by atoms with Gasteiger partial charge in [0.1, 0.15) is 6.33 Å². The molecule has 3 aromatic rings. The first kappa shape index (κ1) is 17.5. The molecule has 0 aliphatic carbocycles. The summed E-state index contributed by atoms with van der Waals surface area (Å²) in [5, 5.41) is 4.13. The van der Waals surface area contributed by atoms with Crippen LogP contribution in [0.3, 0.4) is 0 Å². The molecule has 2 aromatic heterocycles. The molecule has 8 heteroatoms. The molecule has 0 bridgehead atoms. The number of benzene rings is 1. The Labute approximate surface area is 150 Å². The quantitative estimate of drug-likeness (QED) is 0.669. The Morgan fingerprint density at radius 2 is 1.81 bits per heavy atom. The van der Waals surface area contributed by atoms with Crippen LogP contribution >= 0.6 is 0 Å². The number of aromatic nitrogens is 4. The summed E-state index contributed by atoms with van der Waals surface area (Å²) in [4.78, 5) is 32.3. The van der Waals surface area contributed by atoms with Gasteiger partial charge < -0.3 is 0 Å². The van der Waals surface area contributed by atoms with Crippen LogP contribution in [0.2, 0.25) is 0 Å². The summed E-state index contributed by atoms with van der Waals surface area (Å²) < 4.78 is 1.65. The predicted octanol–water partition coefficient (Wildman–Crippen LogP) is 1.06. The van der Waals surface area contributed by atoms with E-state index in [2.05, 4.69) is 25.9 Å². The Morgan fingerprint density at radius 3 is 2.58 bits per heavy atom. The van der Waals surface area contributed by atoms with E-state index >= 15 is 0 Å². The predicted molar refractivity (Wildman–Crippen MR) is 95.0 cm³/mol. The lowest BCUT2D eigenvalue weighted by molar-refractivity contribution is -0.128. The molecule has 0 unspecified atom stereocenters. The fourth-order valence-electron chi connectivity index (χ4n) is 2.78. The number of hydrazine groups is 1. The van der Waals surface area contributed by atoms with E-state index in [-0.39, 0.29) is 24.7 Å². The van der Waals surface area contributed by atoms with Gasteiger partial charge in [-0.05, 0) is 31.4 Å². The molecule has 2 heterocycles. The first-order chi connectivity index (χ1) is 12.5. The highest BCUT2D eigenvalue weighted by atomic mass is 16.2. The van der Waals surface area contributed by atoms with Crippen LogP contribution in [0, 0.1) is 13.8 Å². The summed E-state index contributed by atoms with van der Waals surface area (Å²) >= 11 is 0. The van der Waals surface area contributed by atoms with E-state index in [1.807, 2.05) is 44.2 Å². The fraction of sp³-hybridized carbons (Fsp3) is 0.278. The number of hydrogen-bond acceptors (Lipinski definition) is 5. The minimum atomic E-state index is -0.261. The maximum Gasteiger partial charge on any atom is 0.252 e. The SMILES string of the molecule is Cc1nc2ncnn2c(C)c1CCC(=O)NNC(=O)Cc1ccccc1. The summed E-state index contributed by atoms with van der Waals surface area (Å²) in [6.45, 7) is 3.81. The Hall–Kier alpha value is -3.29. The minimum Gasteiger partial charge on any atom is -0.273 e. The third kappa shape index (κ3) is 4.02. The van der Waals surface area contributed by atoms with Crippen molar-refractivity contribution in [1.82, 2.24) is 30.4 Å². The fourth-order valence-corrected chi connectivity index (χ4v) is 2.78. The van der Waals surface area contributed by atoms with Crippen LogP contribution in [0.15, 0.2) is 36.7 Å². The van der Waals surface area contributed by atoms with E-state index in [0.29, 0.717) is 12.2 Å². The van der Waals surface area contributed by atoms with Crippen molar-refractivity contribution in [3.05, 3.63) is 59.2 Å². The largest absolute Gasteiger partial charge is 0.273 e. The summed E-state index contributed by atoms with van der Waals surface area (Å²) in [5.41, 5.74) is 8.46. The third-order valence-electron chi connectivity index (χ3n) is 4.14. The summed E-state index contributed by atoms with van der Waals surface area (Å²) in [5.74, 6) is 0.0212.